The van der Waals surface area contributed by atoms with Gasteiger partial charge in [-0.25, -0.2) is 4.98 Å². The van der Waals surface area contributed by atoms with Gasteiger partial charge in [0, 0.05) is 18.4 Å². The Hall–Kier alpha value is -1.73. The SMILES string of the molecule is CCc1nc(C)c(C(=O)N[C@@H]2COC[C@@H]2Cc2cc(C)no2)s1. The molecule has 1 aliphatic heterocycles. The molecule has 23 heavy (non-hydrogen) atoms. The molecule has 0 bridgehead atoms. The number of hydrogen-bond acceptors (Lipinski definition) is 6. The normalized spacial score (nSPS) is 20.8. The maximum absolute atomic E-state index is 12.5. The summed E-state index contributed by atoms with van der Waals surface area (Å²) < 4.78 is 10.8. The third kappa shape index (κ3) is 3.61. The molecule has 2 aromatic rings. The van der Waals surface area contributed by atoms with Crippen molar-refractivity contribution in [2.75, 3.05) is 13.2 Å². The number of aromatic nitrogens is 2. The summed E-state index contributed by atoms with van der Waals surface area (Å²) in [5, 5.41) is 7.99. The van der Waals surface area contributed by atoms with Gasteiger partial charge in [0.15, 0.2) is 0 Å². The zero-order valence-corrected chi connectivity index (χ0v) is 14.4. The van der Waals surface area contributed by atoms with Gasteiger partial charge in [-0.3, -0.25) is 4.79 Å². The zero-order chi connectivity index (χ0) is 16.4. The molecule has 1 fully saturated rings. The number of nitrogens with zero attached hydrogens (tertiary/aromatic N) is 2. The molecular weight excluding hydrogens is 314 g/mol. The first-order valence-corrected chi connectivity index (χ1v) is 8.65. The summed E-state index contributed by atoms with van der Waals surface area (Å²) in [7, 11) is 0. The molecule has 1 aliphatic rings. The molecule has 0 spiro atoms. The summed E-state index contributed by atoms with van der Waals surface area (Å²) in [5.74, 6) is 0.971. The summed E-state index contributed by atoms with van der Waals surface area (Å²) in [6.45, 7) is 6.97. The van der Waals surface area contributed by atoms with E-state index in [9.17, 15) is 4.79 Å². The lowest BCUT2D eigenvalue weighted by Crippen LogP contribution is -2.40. The number of aryl methyl sites for hydroxylation is 3. The van der Waals surface area contributed by atoms with E-state index in [2.05, 4.69) is 15.5 Å². The van der Waals surface area contributed by atoms with Crippen LogP contribution in [0.3, 0.4) is 0 Å². The quantitative estimate of drug-likeness (QED) is 0.907. The monoisotopic (exact) mass is 335 g/mol. The Bertz CT molecular complexity index is 695. The minimum Gasteiger partial charge on any atom is -0.379 e. The van der Waals surface area contributed by atoms with Crippen molar-refractivity contribution in [2.24, 2.45) is 5.92 Å². The van der Waals surface area contributed by atoms with Crippen LogP contribution in [0.4, 0.5) is 0 Å². The van der Waals surface area contributed by atoms with Gasteiger partial charge >= 0.3 is 0 Å². The fourth-order valence-electron chi connectivity index (χ4n) is 2.78. The molecule has 0 radical (unpaired) electrons. The second-order valence-electron chi connectivity index (χ2n) is 5.89. The Morgan fingerprint density at radius 1 is 1.43 bits per heavy atom. The van der Waals surface area contributed by atoms with Crippen LogP contribution < -0.4 is 5.32 Å². The first-order chi connectivity index (χ1) is 11.1. The van der Waals surface area contributed by atoms with Crippen molar-refractivity contribution >= 4 is 17.2 Å². The lowest BCUT2D eigenvalue weighted by Gasteiger charge is -2.17. The largest absolute Gasteiger partial charge is 0.379 e. The molecule has 1 N–H and O–H groups in total. The van der Waals surface area contributed by atoms with Gasteiger partial charge in [0.25, 0.3) is 5.91 Å². The van der Waals surface area contributed by atoms with Crippen molar-refractivity contribution in [2.45, 2.75) is 39.7 Å². The molecule has 124 valence electrons. The van der Waals surface area contributed by atoms with Crippen LogP contribution in [0.2, 0.25) is 0 Å². The van der Waals surface area contributed by atoms with Gasteiger partial charge in [-0.05, 0) is 20.3 Å². The van der Waals surface area contributed by atoms with Gasteiger partial charge in [0.1, 0.15) is 10.6 Å². The van der Waals surface area contributed by atoms with Crippen molar-refractivity contribution in [1.82, 2.24) is 15.5 Å². The molecule has 7 heteroatoms. The van der Waals surface area contributed by atoms with Crippen LogP contribution >= 0.6 is 11.3 Å². The third-order valence-corrected chi connectivity index (χ3v) is 5.31. The van der Waals surface area contributed by atoms with E-state index < -0.39 is 0 Å². The Labute approximate surface area is 139 Å². The molecule has 3 rings (SSSR count). The van der Waals surface area contributed by atoms with Gasteiger partial charge in [-0.1, -0.05) is 12.1 Å². The zero-order valence-electron chi connectivity index (χ0n) is 13.6. The standard InChI is InChI=1S/C16H21N3O3S/c1-4-14-17-10(3)15(23-14)16(20)18-13-8-21-7-11(13)6-12-5-9(2)19-22-12/h5,11,13H,4,6-8H2,1-3H3,(H,18,20)/t11-,13+/m0/s1. The molecule has 1 saturated heterocycles. The lowest BCUT2D eigenvalue weighted by atomic mass is 9.98. The van der Waals surface area contributed by atoms with Crippen molar-refractivity contribution in [1.29, 1.82) is 0 Å². The van der Waals surface area contributed by atoms with Crippen LogP contribution in [-0.4, -0.2) is 35.3 Å². The Balaban J connectivity index is 1.65. The first-order valence-electron chi connectivity index (χ1n) is 7.84. The van der Waals surface area contributed by atoms with Crippen LogP contribution in [-0.2, 0) is 17.6 Å². The van der Waals surface area contributed by atoms with Gasteiger partial charge < -0.3 is 14.6 Å². The highest BCUT2D eigenvalue weighted by Crippen LogP contribution is 2.22. The van der Waals surface area contributed by atoms with Crippen LogP contribution in [0.1, 0.15) is 38.8 Å². The second kappa shape index (κ2) is 6.80. The summed E-state index contributed by atoms with van der Waals surface area (Å²) in [6.07, 6.45) is 1.56. The number of thiazole rings is 1. The van der Waals surface area contributed by atoms with E-state index in [1.165, 1.54) is 11.3 Å². The van der Waals surface area contributed by atoms with Gasteiger partial charge in [-0.2, -0.15) is 0 Å². The average molecular weight is 335 g/mol. The number of carbonyl (C=O) groups is 1. The lowest BCUT2D eigenvalue weighted by molar-refractivity contribution is 0.0928. The fourth-order valence-corrected chi connectivity index (χ4v) is 3.69. The number of amides is 1. The van der Waals surface area contributed by atoms with Crippen LogP contribution in [0.15, 0.2) is 10.6 Å². The highest BCUT2D eigenvalue weighted by molar-refractivity contribution is 7.13. The topological polar surface area (TPSA) is 77.2 Å². The number of rotatable bonds is 5. The molecule has 2 aromatic heterocycles. The maximum atomic E-state index is 12.5. The smallest absolute Gasteiger partial charge is 0.263 e. The molecule has 3 heterocycles. The minimum absolute atomic E-state index is 0.0144. The molecule has 0 aliphatic carbocycles. The summed E-state index contributed by atoms with van der Waals surface area (Å²) in [4.78, 5) is 17.6. The Kier molecular flexibility index (Phi) is 4.77. The molecule has 2 atom stereocenters. The maximum Gasteiger partial charge on any atom is 0.263 e. The summed E-state index contributed by atoms with van der Waals surface area (Å²) >= 11 is 1.47. The van der Waals surface area contributed by atoms with E-state index in [0.29, 0.717) is 24.5 Å². The summed E-state index contributed by atoms with van der Waals surface area (Å²) in [6, 6.07) is 1.91. The Morgan fingerprint density at radius 2 is 2.26 bits per heavy atom. The number of carbonyl (C=O) groups excluding carboxylic acids is 1. The number of ether oxygens (including phenoxy) is 1. The van der Waals surface area contributed by atoms with Crippen molar-refractivity contribution in [3.05, 3.63) is 33.1 Å². The highest BCUT2D eigenvalue weighted by Gasteiger charge is 2.31. The van der Waals surface area contributed by atoms with Crippen molar-refractivity contribution in [3.63, 3.8) is 0 Å². The van der Waals surface area contributed by atoms with Crippen LogP contribution in [0.25, 0.3) is 0 Å². The average Bonchev–Trinajstić information content (AvgIpc) is 3.21. The van der Waals surface area contributed by atoms with E-state index >= 15 is 0 Å². The number of hydrogen-bond donors (Lipinski definition) is 1. The fraction of sp³-hybridized carbons (Fsp3) is 0.562. The Morgan fingerprint density at radius 3 is 2.91 bits per heavy atom. The molecule has 0 aromatic carbocycles. The molecule has 0 unspecified atom stereocenters. The van der Waals surface area contributed by atoms with E-state index in [1.54, 1.807) is 0 Å². The predicted molar refractivity (Wildman–Crippen MR) is 86.7 cm³/mol. The number of nitrogens with one attached hydrogen (secondary N) is 1. The highest BCUT2D eigenvalue weighted by atomic mass is 32.1. The minimum atomic E-state index is -0.0612. The van der Waals surface area contributed by atoms with E-state index in [0.717, 1.165) is 28.6 Å². The molecular formula is C16H21N3O3S. The summed E-state index contributed by atoms with van der Waals surface area (Å²) in [5.41, 5.74) is 1.66. The molecule has 6 nitrogen and oxygen atoms in total. The van der Waals surface area contributed by atoms with E-state index in [1.807, 2.05) is 26.8 Å². The van der Waals surface area contributed by atoms with E-state index in [-0.39, 0.29) is 17.9 Å². The predicted octanol–water partition coefficient (Wildman–Crippen LogP) is 2.30. The third-order valence-electron chi connectivity index (χ3n) is 4.00. The molecule has 0 saturated carbocycles. The second-order valence-corrected chi connectivity index (χ2v) is 6.98. The van der Waals surface area contributed by atoms with Crippen molar-refractivity contribution < 1.29 is 14.1 Å². The van der Waals surface area contributed by atoms with Gasteiger partial charge in [-0.15, -0.1) is 11.3 Å². The van der Waals surface area contributed by atoms with Crippen molar-refractivity contribution in [3.8, 4) is 0 Å². The molecule has 1 amide bonds. The van der Waals surface area contributed by atoms with Crippen LogP contribution in [0.5, 0.6) is 0 Å². The van der Waals surface area contributed by atoms with Gasteiger partial charge in [0.05, 0.1) is 35.7 Å². The van der Waals surface area contributed by atoms with E-state index in [4.69, 9.17) is 9.26 Å². The van der Waals surface area contributed by atoms with Gasteiger partial charge in [0.2, 0.25) is 0 Å². The van der Waals surface area contributed by atoms with Crippen LogP contribution in [0, 0.1) is 19.8 Å². The first kappa shape index (κ1) is 16.1.